The van der Waals surface area contributed by atoms with E-state index in [0.717, 1.165) is 4.47 Å². The van der Waals surface area contributed by atoms with Gasteiger partial charge in [0.15, 0.2) is 0 Å². The Kier molecular flexibility index (Phi) is 6.51. The maximum absolute atomic E-state index is 11.6. The van der Waals surface area contributed by atoms with Gasteiger partial charge >= 0.3 is 5.97 Å². The molecule has 0 fully saturated rings. The van der Waals surface area contributed by atoms with Crippen LogP contribution in [-0.2, 0) is 9.59 Å². The van der Waals surface area contributed by atoms with Crippen LogP contribution in [0.15, 0.2) is 28.7 Å². The first-order valence-corrected chi connectivity index (χ1v) is 7.10. The lowest BCUT2D eigenvalue weighted by molar-refractivity contribution is -0.142. The predicted molar refractivity (Wildman–Crippen MR) is 78.7 cm³/mol. The molecule has 0 aliphatic rings. The molecular formula is C14H18BrNO4. The molecule has 1 rings (SSSR count). The van der Waals surface area contributed by atoms with Crippen LogP contribution in [-0.4, -0.2) is 29.6 Å². The van der Waals surface area contributed by atoms with E-state index in [1.54, 1.807) is 19.9 Å². The van der Waals surface area contributed by atoms with Gasteiger partial charge in [0.05, 0.1) is 18.9 Å². The van der Waals surface area contributed by atoms with E-state index in [1.165, 1.54) is 0 Å². The molecule has 6 heteroatoms. The molecule has 2 atom stereocenters. The summed E-state index contributed by atoms with van der Waals surface area (Å²) in [6.45, 7) is 3.48. The van der Waals surface area contributed by atoms with Gasteiger partial charge in [-0.3, -0.25) is 9.59 Å². The molecule has 1 amide bonds. The number of amides is 1. The van der Waals surface area contributed by atoms with Gasteiger partial charge < -0.3 is 15.2 Å². The third-order valence-electron chi connectivity index (χ3n) is 2.92. The van der Waals surface area contributed by atoms with Gasteiger partial charge in [0.2, 0.25) is 5.91 Å². The standard InChI is InChI=1S/C14H18BrNO4/c1-9(14(18)19)10(2)16-13(17)6-7-20-12-5-3-4-11(15)8-12/h3-5,8-10H,6-7H2,1-2H3,(H,16,17)(H,18,19). The number of nitrogens with one attached hydrogen (secondary N) is 1. The molecule has 0 saturated carbocycles. The van der Waals surface area contributed by atoms with E-state index in [4.69, 9.17) is 9.84 Å². The molecule has 0 bridgehead atoms. The van der Waals surface area contributed by atoms with E-state index in [2.05, 4.69) is 21.2 Å². The largest absolute Gasteiger partial charge is 0.493 e. The lowest BCUT2D eigenvalue weighted by Gasteiger charge is -2.17. The smallest absolute Gasteiger partial charge is 0.308 e. The van der Waals surface area contributed by atoms with Gasteiger partial charge in [-0.05, 0) is 32.0 Å². The zero-order chi connectivity index (χ0) is 15.1. The Bertz CT molecular complexity index is 478. The molecule has 110 valence electrons. The maximum Gasteiger partial charge on any atom is 0.308 e. The van der Waals surface area contributed by atoms with E-state index < -0.39 is 17.9 Å². The van der Waals surface area contributed by atoms with Crippen molar-refractivity contribution in [3.8, 4) is 5.75 Å². The molecule has 1 aromatic rings. The van der Waals surface area contributed by atoms with Crippen LogP contribution in [0.1, 0.15) is 20.3 Å². The molecule has 2 N–H and O–H groups in total. The number of aliphatic carboxylic acids is 1. The summed E-state index contributed by atoms with van der Waals surface area (Å²) in [5.74, 6) is -1.09. The monoisotopic (exact) mass is 343 g/mol. The fraction of sp³-hybridized carbons (Fsp3) is 0.429. The van der Waals surface area contributed by atoms with E-state index >= 15 is 0 Å². The Morgan fingerprint density at radius 1 is 1.40 bits per heavy atom. The average molecular weight is 344 g/mol. The fourth-order valence-electron chi connectivity index (χ4n) is 1.48. The van der Waals surface area contributed by atoms with E-state index in [-0.39, 0.29) is 18.9 Å². The third-order valence-corrected chi connectivity index (χ3v) is 3.42. The summed E-state index contributed by atoms with van der Waals surface area (Å²) in [6, 6.07) is 6.93. The Labute approximate surface area is 126 Å². The second-order valence-corrected chi connectivity index (χ2v) is 5.45. The van der Waals surface area contributed by atoms with Crippen molar-refractivity contribution in [1.82, 2.24) is 5.32 Å². The number of halogens is 1. The number of carbonyl (C=O) groups excluding carboxylic acids is 1. The van der Waals surface area contributed by atoms with Crippen LogP contribution in [0.25, 0.3) is 0 Å². The zero-order valence-corrected chi connectivity index (χ0v) is 13.0. The molecule has 5 nitrogen and oxygen atoms in total. The number of rotatable bonds is 7. The van der Waals surface area contributed by atoms with Crippen LogP contribution in [0, 0.1) is 5.92 Å². The van der Waals surface area contributed by atoms with Crippen molar-refractivity contribution in [2.75, 3.05) is 6.61 Å². The van der Waals surface area contributed by atoms with Crippen molar-refractivity contribution < 1.29 is 19.4 Å². The molecule has 0 aliphatic heterocycles. The normalized spacial score (nSPS) is 13.3. The molecular weight excluding hydrogens is 326 g/mol. The number of carboxylic acids is 1. The summed E-state index contributed by atoms with van der Waals surface area (Å²) < 4.78 is 6.35. The SMILES string of the molecule is CC(NC(=O)CCOc1cccc(Br)c1)C(C)C(=O)O. The van der Waals surface area contributed by atoms with Crippen LogP contribution in [0.4, 0.5) is 0 Å². The highest BCUT2D eigenvalue weighted by molar-refractivity contribution is 9.10. The van der Waals surface area contributed by atoms with Crippen molar-refractivity contribution in [3.05, 3.63) is 28.7 Å². The van der Waals surface area contributed by atoms with Crippen LogP contribution in [0.5, 0.6) is 5.75 Å². The highest BCUT2D eigenvalue weighted by Crippen LogP contribution is 2.17. The lowest BCUT2D eigenvalue weighted by atomic mass is 10.0. The topological polar surface area (TPSA) is 75.6 Å². The molecule has 0 radical (unpaired) electrons. The van der Waals surface area contributed by atoms with Crippen molar-refractivity contribution in [1.29, 1.82) is 0 Å². The first kappa shape index (κ1) is 16.5. The highest BCUT2D eigenvalue weighted by atomic mass is 79.9. The first-order chi connectivity index (χ1) is 9.40. The van der Waals surface area contributed by atoms with Gasteiger partial charge in [-0.25, -0.2) is 0 Å². The summed E-state index contributed by atoms with van der Waals surface area (Å²) in [5.41, 5.74) is 0. The molecule has 0 spiro atoms. The molecule has 0 aromatic heterocycles. The van der Waals surface area contributed by atoms with Crippen molar-refractivity contribution in [2.45, 2.75) is 26.3 Å². The molecule has 1 aromatic carbocycles. The number of hydrogen-bond acceptors (Lipinski definition) is 3. The van der Waals surface area contributed by atoms with Crippen molar-refractivity contribution in [2.24, 2.45) is 5.92 Å². The van der Waals surface area contributed by atoms with Gasteiger partial charge in [-0.15, -0.1) is 0 Å². The summed E-state index contributed by atoms with van der Waals surface area (Å²) >= 11 is 3.33. The maximum atomic E-state index is 11.6. The molecule has 0 saturated heterocycles. The lowest BCUT2D eigenvalue weighted by Crippen LogP contribution is -2.40. The van der Waals surface area contributed by atoms with Crippen LogP contribution < -0.4 is 10.1 Å². The summed E-state index contributed by atoms with van der Waals surface area (Å²) in [4.78, 5) is 22.4. The second kappa shape index (κ2) is 7.89. The van der Waals surface area contributed by atoms with Gasteiger partial charge in [0.1, 0.15) is 5.75 Å². The second-order valence-electron chi connectivity index (χ2n) is 4.54. The average Bonchev–Trinajstić information content (AvgIpc) is 2.37. The minimum atomic E-state index is -0.928. The third kappa shape index (κ3) is 5.61. The Hall–Kier alpha value is -1.56. The van der Waals surface area contributed by atoms with E-state index in [0.29, 0.717) is 5.75 Å². The van der Waals surface area contributed by atoms with Gasteiger partial charge in [-0.1, -0.05) is 22.0 Å². The van der Waals surface area contributed by atoms with Gasteiger partial charge in [0, 0.05) is 10.5 Å². The summed E-state index contributed by atoms with van der Waals surface area (Å²) in [6.07, 6.45) is 0.184. The predicted octanol–water partition coefficient (Wildman–Crippen LogP) is 2.44. The van der Waals surface area contributed by atoms with E-state index in [9.17, 15) is 9.59 Å². The molecule has 20 heavy (non-hydrogen) atoms. The number of hydrogen-bond donors (Lipinski definition) is 2. The van der Waals surface area contributed by atoms with Gasteiger partial charge in [-0.2, -0.15) is 0 Å². The van der Waals surface area contributed by atoms with E-state index in [1.807, 2.05) is 18.2 Å². The number of benzene rings is 1. The molecule has 0 aliphatic carbocycles. The highest BCUT2D eigenvalue weighted by Gasteiger charge is 2.20. The number of ether oxygens (including phenoxy) is 1. The van der Waals surface area contributed by atoms with Gasteiger partial charge in [0.25, 0.3) is 0 Å². The zero-order valence-electron chi connectivity index (χ0n) is 11.4. The summed E-state index contributed by atoms with van der Waals surface area (Å²) in [7, 11) is 0. The summed E-state index contributed by atoms with van der Waals surface area (Å²) in [5, 5.41) is 11.5. The van der Waals surface area contributed by atoms with Crippen molar-refractivity contribution >= 4 is 27.8 Å². The van der Waals surface area contributed by atoms with Crippen LogP contribution in [0.2, 0.25) is 0 Å². The first-order valence-electron chi connectivity index (χ1n) is 6.30. The fourth-order valence-corrected chi connectivity index (χ4v) is 1.86. The number of carbonyl (C=O) groups is 2. The Morgan fingerprint density at radius 2 is 2.10 bits per heavy atom. The molecule has 0 heterocycles. The number of carboxylic acid groups (broad SMARTS) is 1. The molecule has 2 unspecified atom stereocenters. The Morgan fingerprint density at radius 3 is 2.70 bits per heavy atom. The van der Waals surface area contributed by atoms with Crippen molar-refractivity contribution in [3.63, 3.8) is 0 Å². The Balaban J connectivity index is 2.32. The van der Waals surface area contributed by atoms with Crippen LogP contribution >= 0.6 is 15.9 Å². The van der Waals surface area contributed by atoms with Crippen LogP contribution in [0.3, 0.4) is 0 Å². The minimum absolute atomic E-state index is 0.184. The minimum Gasteiger partial charge on any atom is -0.493 e. The quantitative estimate of drug-likeness (QED) is 0.797.